The van der Waals surface area contributed by atoms with Crippen molar-refractivity contribution in [3.8, 4) is 0 Å². The zero-order valence-electron chi connectivity index (χ0n) is 8.78. The third-order valence-corrected chi connectivity index (χ3v) is 3.19. The van der Waals surface area contributed by atoms with Gasteiger partial charge in [-0.2, -0.15) is 0 Å². The summed E-state index contributed by atoms with van der Waals surface area (Å²) in [6.07, 6.45) is 5.17. The Kier molecular flexibility index (Phi) is 3.05. The molecule has 0 aromatic heterocycles. The molecular weight excluding hydrogens is 188 g/mol. The Morgan fingerprint density at radius 3 is 2.47 bits per heavy atom. The molecule has 0 spiro atoms. The van der Waals surface area contributed by atoms with Crippen LogP contribution in [0.5, 0.6) is 0 Å². The monoisotopic (exact) mass is 204 g/mol. The van der Waals surface area contributed by atoms with Crippen molar-refractivity contribution in [1.82, 2.24) is 0 Å². The molecule has 0 bridgehead atoms. The summed E-state index contributed by atoms with van der Waals surface area (Å²) in [5, 5.41) is 8.80. The first-order valence-electron chi connectivity index (χ1n) is 5.54. The highest BCUT2D eigenvalue weighted by molar-refractivity contribution is 5.70. The molecular formula is C13H16O2. The highest BCUT2D eigenvalue weighted by Crippen LogP contribution is 2.30. The van der Waals surface area contributed by atoms with Crippen molar-refractivity contribution >= 4 is 5.97 Å². The van der Waals surface area contributed by atoms with E-state index in [-0.39, 0.29) is 6.42 Å². The minimum Gasteiger partial charge on any atom is -0.481 e. The first kappa shape index (κ1) is 10.2. The van der Waals surface area contributed by atoms with E-state index in [2.05, 4.69) is 6.07 Å². The fraction of sp³-hybridized carbons (Fsp3) is 0.462. The van der Waals surface area contributed by atoms with Gasteiger partial charge >= 0.3 is 5.97 Å². The predicted octanol–water partition coefficient (Wildman–Crippen LogP) is 2.66. The van der Waals surface area contributed by atoms with Crippen LogP contribution in [0.4, 0.5) is 0 Å². The average molecular weight is 204 g/mol. The normalized spacial score (nSPS) is 16.0. The largest absolute Gasteiger partial charge is 0.481 e. The van der Waals surface area contributed by atoms with Crippen molar-refractivity contribution < 1.29 is 9.90 Å². The summed E-state index contributed by atoms with van der Waals surface area (Å²) in [5.41, 5.74) is 2.21. The first-order valence-corrected chi connectivity index (χ1v) is 5.54. The Bertz CT molecular complexity index is 353. The van der Waals surface area contributed by atoms with Gasteiger partial charge in [-0.3, -0.25) is 4.79 Å². The van der Waals surface area contributed by atoms with Crippen molar-refractivity contribution in [1.29, 1.82) is 0 Å². The van der Waals surface area contributed by atoms with E-state index in [1.807, 2.05) is 18.2 Å². The van der Waals surface area contributed by atoms with Gasteiger partial charge in [0.05, 0.1) is 6.42 Å². The number of benzene rings is 1. The summed E-state index contributed by atoms with van der Waals surface area (Å²) < 4.78 is 0. The second-order valence-corrected chi connectivity index (χ2v) is 4.34. The van der Waals surface area contributed by atoms with E-state index in [1.54, 1.807) is 0 Å². The van der Waals surface area contributed by atoms with Gasteiger partial charge in [-0.25, -0.2) is 0 Å². The van der Waals surface area contributed by atoms with Gasteiger partial charge in [0.1, 0.15) is 0 Å². The minimum atomic E-state index is -0.740. The smallest absolute Gasteiger partial charge is 0.307 e. The van der Waals surface area contributed by atoms with E-state index >= 15 is 0 Å². The van der Waals surface area contributed by atoms with Crippen LogP contribution in [0.2, 0.25) is 0 Å². The number of aliphatic carboxylic acids is 1. The highest BCUT2D eigenvalue weighted by atomic mass is 16.4. The van der Waals surface area contributed by atoms with Crippen LogP contribution < -0.4 is 0 Å². The molecule has 15 heavy (non-hydrogen) atoms. The number of hydrogen-bond donors (Lipinski definition) is 1. The molecule has 0 heterocycles. The summed E-state index contributed by atoms with van der Waals surface area (Å²) >= 11 is 0. The zero-order valence-corrected chi connectivity index (χ0v) is 8.78. The van der Waals surface area contributed by atoms with Gasteiger partial charge in [-0.15, -0.1) is 0 Å². The van der Waals surface area contributed by atoms with Gasteiger partial charge in [0.25, 0.3) is 0 Å². The molecule has 1 saturated carbocycles. The number of hydrogen-bond acceptors (Lipinski definition) is 1. The van der Waals surface area contributed by atoms with Crippen LogP contribution in [0.15, 0.2) is 24.3 Å². The minimum absolute atomic E-state index is 0.156. The first-order chi connectivity index (χ1) is 7.25. The van der Waals surface area contributed by atoms with Crippen molar-refractivity contribution in [3.63, 3.8) is 0 Å². The quantitative estimate of drug-likeness (QED) is 0.818. The molecule has 0 unspecified atom stereocenters. The standard InChI is InChI=1S/C13H16O2/c14-13(15)9-12-7-2-1-6-11(12)8-10-4-3-5-10/h1-2,6-7,10H,3-5,8-9H2,(H,14,15). The average Bonchev–Trinajstić information content (AvgIpc) is 2.13. The van der Waals surface area contributed by atoms with E-state index in [9.17, 15) is 4.79 Å². The number of carboxylic acids is 1. The maximum Gasteiger partial charge on any atom is 0.307 e. The molecule has 0 aliphatic heterocycles. The van der Waals surface area contributed by atoms with Gasteiger partial charge in [0.15, 0.2) is 0 Å². The summed E-state index contributed by atoms with van der Waals surface area (Å²) in [5.74, 6) is 0.0519. The van der Waals surface area contributed by atoms with E-state index < -0.39 is 5.97 Å². The molecule has 2 nitrogen and oxygen atoms in total. The third kappa shape index (κ3) is 2.58. The molecule has 1 N–H and O–H groups in total. The second kappa shape index (κ2) is 4.47. The number of carbonyl (C=O) groups is 1. The summed E-state index contributed by atoms with van der Waals surface area (Å²) in [4.78, 5) is 10.7. The van der Waals surface area contributed by atoms with E-state index in [0.29, 0.717) is 0 Å². The van der Waals surface area contributed by atoms with E-state index in [0.717, 1.165) is 17.9 Å². The molecule has 1 aliphatic rings. The van der Waals surface area contributed by atoms with Crippen LogP contribution in [-0.2, 0) is 17.6 Å². The van der Waals surface area contributed by atoms with Crippen molar-refractivity contribution in [2.45, 2.75) is 32.1 Å². The topological polar surface area (TPSA) is 37.3 Å². The highest BCUT2D eigenvalue weighted by Gasteiger charge is 2.19. The van der Waals surface area contributed by atoms with E-state index in [4.69, 9.17) is 5.11 Å². The second-order valence-electron chi connectivity index (χ2n) is 4.34. The van der Waals surface area contributed by atoms with Crippen LogP contribution in [0.1, 0.15) is 30.4 Å². The van der Waals surface area contributed by atoms with Crippen molar-refractivity contribution in [2.75, 3.05) is 0 Å². The fourth-order valence-corrected chi connectivity index (χ4v) is 2.10. The lowest BCUT2D eigenvalue weighted by Gasteiger charge is -2.26. The summed E-state index contributed by atoms with van der Waals surface area (Å²) in [6.45, 7) is 0. The Hall–Kier alpha value is -1.31. The Morgan fingerprint density at radius 1 is 1.27 bits per heavy atom. The molecule has 0 saturated heterocycles. The molecule has 2 rings (SSSR count). The molecule has 0 radical (unpaired) electrons. The lowest BCUT2D eigenvalue weighted by molar-refractivity contribution is -0.136. The van der Waals surface area contributed by atoms with Gasteiger partial charge in [0.2, 0.25) is 0 Å². The fourth-order valence-electron chi connectivity index (χ4n) is 2.10. The third-order valence-electron chi connectivity index (χ3n) is 3.19. The summed E-state index contributed by atoms with van der Waals surface area (Å²) in [6, 6.07) is 7.92. The molecule has 0 amide bonds. The van der Waals surface area contributed by atoms with Crippen LogP contribution in [0.25, 0.3) is 0 Å². The maximum atomic E-state index is 10.7. The van der Waals surface area contributed by atoms with Gasteiger partial charge in [0, 0.05) is 0 Å². The van der Waals surface area contributed by atoms with Crippen LogP contribution in [-0.4, -0.2) is 11.1 Å². The lowest BCUT2D eigenvalue weighted by atomic mass is 9.80. The zero-order chi connectivity index (χ0) is 10.7. The lowest BCUT2D eigenvalue weighted by Crippen LogP contribution is -2.15. The Morgan fingerprint density at radius 2 is 1.93 bits per heavy atom. The van der Waals surface area contributed by atoms with Crippen molar-refractivity contribution in [3.05, 3.63) is 35.4 Å². The molecule has 2 heteroatoms. The number of rotatable bonds is 4. The molecule has 0 atom stereocenters. The van der Waals surface area contributed by atoms with Crippen LogP contribution >= 0.6 is 0 Å². The molecule has 80 valence electrons. The van der Waals surface area contributed by atoms with Gasteiger partial charge in [-0.1, -0.05) is 43.5 Å². The number of carboxylic acid groups (broad SMARTS) is 1. The summed E-state index contributed by atoms with van der Waals surface area (Å²) in [7, 11) is 0. The SMILES string of the molecule is O=C(O)Cc1ccccc1CC1CCC1. The van der Waals surface area contributed by atoms with Crippen LogP contribution in [0, 0.1) is 5.92 Å². The Balaban J connectivity index is 2.09. The molecule has 1 aromatic rings. The predicted molar refractivity (Wildman–Crippen MR) is 58.8 cm³/mol. The van der Waals surface area contributed by atoms with E-state index in [1.165, 1.54) is 24.8 Å². The molecule has 1 fully saturated rings. The van der Waals surface area contributed by atoms with Gasteiger partial charge < -0.3 is 5.11 Å². The van der Waals surface area contributed by atoms with Crippen molar-refractivity contribution in [2.24, 2.45) is 5.92 Å². The Labute approximate surface area is 89.9 Å². The molecule has 1 aliphatic carbocycles. The van der Waals surface area contributed by atoms with Gasteiger partial charge in [-0.05, 0) is 23.5 Å². The van der Waals surface area contributed by atoms with Crippen LogP contribution in [0.3, 0.4) is 0 Å². The maximum absolute atomic E-state index is 10.7. The molecule has 1 aromatic carbocycles.